The number of carboxylic acids is 1. The van der Waals surface area contributed by atoms with Gasteiger partial charge in [-0.3, -0.25) is 9.78 Å². The number of nitrogens with zero attached hydrogens (tertiary/aromatic N) is 1. The minimum atomic E-state index is -0.921. The van der Waals surface area contributed by atoms with Crippen molar-refractivity contribution < 1.29 is 14.3 Å². The van der Waals surface area contributed by atoms with Crippen molar-refractivity contribution in [2.75, 3.05) is 0 Å². The summed E-state index contributed by atoms with van der Waals surface area (Å²) in [5.41, 5.74) is 1.94. The van der Waals surface area contributed by atoms with Crippen LogP contribution in [-0.2, 0) is 11.5 Å². The summed E-state index contributed by atoms with van der Waals surface area (Å²) in [4.78, 5) is 15.0. The van der Waals surface area contributed by atoms with Crippen LogP contribution < -0.4 is 0 Å². The van der Waals surface area contributed by atoms with Crippen molar-refractivity contribution in [2.24, 2.45) is 0 Å². The molecule has 1 aromatic carbocycles. The SMILES string of the molecule is O=C(O)C[C@@H](c1ccc(Cl)cc1)c1cncc(CF)c1. The van der Waals surface area contributed by atoms with Gasteiger partial charge in [0.25, 0.3) is 0 Å². The Morgan fingerprint density at radius 2 is 1.95 bits per heavy atom. The van der Waals surface area contributed by atoms with Crippen molar-refractivity contribution >= 4 is 17.6 Å². The largest absolute Gasteiger partial charge is 0.481 e. The third kappa shape index (κ3) is 3.54. The summed E-state index contributed by atoms with van der Waals surface area (Å²) in [5, 5.41) is 9.65. The minimum Gasteiger partial charge on any atom is -0.481 e. The standard InChI is InChI=1S/C15H13ClFNO2/c16-13-3-1-11(2-4-13)14(6-15(19)20)12-5-10(7-17)8-18-9-12/h1-5,8-9,14H,6-7H2,(H,19,20)/t14-/m0/s1. The van der Waals surface area contributed by atoms with Gasteiger partial charge in [0, 0.05) is 28.9 Å². The Morgan fingerprint density at radius 3 is 2.55 bits per heavy atom. The monoisotopic (exact) mass is 293 g/mol. The quantitative estimate of drug-likeness (QED) is 0.912. The fourth-order valence-electron chi connectivity index (χ4n) is 2.07. The maximum Gasteiger partial charge on any atom is 0.304 e. The molecule has 0 amide bonds. The van der Waals surface area contributed by atoms with E-state index in [4.69, 9.17) is 16.7 Å². The molecule has 0 radical (unpaired) electrons. The van der Waals surface area contributed by atoms with Crippen LogP contribution >= 0.6 is 11.6 Å². The Balaban J connectivity index is 2.40. The molecule has 0 fully saturated rings. The third-order valence-electron chi connectivity index (χ3n) is 3.02. The molecule has 0 aliphatic carbocycles. The summed E-state index contributed by atoms with van der Waals surface area (Å²) < 4.78 is 12.7. The van der Waals surface area contributed by atoms with E-state index in [0.29, 0.717) is 16.1 Å². The summed E-state index contributed by atoms with van der Waals surface area (Å²) in [6, 6.07) is 8.61. The second kappa shape index (κ2) is 6.48. The highest BCUT2D eigenvalue weighted by Crippen LogP contribution is 2.29. The molecule has 20 heavy (non-hydrogen) atoms. The van der Waals surface area contributed by atoms with Crippen molar-refractivity contribution in [3.63, 3.8) is 0 Å². The Bertz CT molecular complexity index is 601. The third-order valence-corrected chi connectivity index (χ3v) is 3.28. The van der Waals surface area contributed by atoms with Gasteiger partial charge in [0.2, 0.25) is 0 Å². The van der Waals surface area contributed by atoms with Gasteiger partial charge in [-0.2, -0.15) is 0 Å². The van der Waals surface area contributed by atoms with Gasteiger partial charge in [0.15, 0.2) is 0 Å². The van der Waals surface area contributed by atoms with E-state index in [9.17, 15) is 9.18 Å². The number of hydrogen-bond acceptors (Lipinski definition) is 2. The highest BCUT2D eigenvalue weighted by Gasteiger charge is 2.18. The van der Waals surface area contributed by atoms with Gasteiger partial charge in [-0.1, -0.05) is 23.7 Å². The van der Waals surface area contributed by atoms with Crippen LogP contribution in [0.5, 0.6) is 0 Å². The molecule has 0 saturated carbocycles. The van der Waals surface area contributed by atoms with E-state index in [1.807, 2.05) is 0 Å². The van der Waals surface area contributed by atoms with Crippen LogP contribution in [0.1, 0.15) is 29.0 Å². The van der Waals surface area contributed by atoms with Crippen LogP contribution in [0.4, 0.5) is 4.39 Å². The number of aliphatic carboxylic acids is 1. The number of carboxylic acid groups (broad SMARTS) is 1. The minimum absolute atomic E-state index is 0.0843. The number of halogens is 2. The molecule has 0 saturated heterocycles. The zero-order valence-corrected chi connectivity index (χ0v) is 11.3. The number of pyridine rings is 1. The number of benzene rings is 1. The number of rotatable bonds is 5. The van der Waals surface area contributed by atoms with Gasteiger partial charge >= 0.3 is 5.97 Å². The molecule has 1 atom stereocenters. The molecule has 2 aromatic rings. The normalized spacial score (nSPS) is 12.1. The summed E-state index contributed by atoms with van der Waals surface area (Å²) in [6.45, 7) is -0.624. The fourth-order valence-corrected chi connectivity index (χ4v) is 2.20. The van der Waals surface area contributed by atoms with Gasteiger partial charge < -0.3 is 5.11 Å². The van der Waals surface area contributed by atoms with E-state index >= 15 is 0 Å². The molecule has 5 heteroatoms. The molecule has 104 valence electrons. The number of aromatic nitrogens is 1. The number of hydrogen-bond donors (Lipinski definition) is 1. The van der Waals surface area contributed by atoms with Crippen LogP contribution in [-0.4, -0.2) is 16.1 Å². The molecule has 0 spiro atoms. The number of carbonyl (C=O) groups is 1. The van der Waals surface area contributed by atoms with Gasteiger partial charge in [-0.25, -0.2) is 4.39 Å². The molecule has 3 nitrogen and oxygen atoms in total. The van der Waals surface area contributed by atoms with E-state index in [1.165, 1.54) is 6.20 Å². The molecule has 0 bridgehead atoms. The predicted octanol–water partition coefficient (Wildman–Crippen LogP) is 3.81. The van der Waals surface area contributed by atoms with Gasteiger partial charge in [-0.05, 0) is 29.3 Å². The second-order valence-electron chi connectivity index (χ2n) is 4.46. The molecule has 1 aromatic heterocycles. The maximum atomic E-state index is 12.7. The first-order chi connectivity index (χ1) is 9.60. The van der Waals surface area contributed by atoms with E-state index in [0.717, 1.165) is 5.56 Å². The Kier molecular flexibility index (Phi) is 4.69. The lowest BCUT2D eigenvalue weighted by Gasteiger charge is -2.16. The lowest BCUT2D eigenvalue weighted by Crippen LogP contribution is -2.08. The first-order valence-electron chi connectivity index (χ1n) is 6.07. The Morgan fingerprint density at radius 1 is 1.25 bits per heavy atom. The summed E-state index contributed by atoms with van der Waals surface area (Å²) in [5.74, 6) is -1.29. The molecule has 1 N–H and O–H groups in total. The van der Waals surface area contributed by atoms with Gasteiger partial charge in [-0.15, -0.1) is 0 Å². The molecular weight excluding hydrogens is 281 g/mol. The van der Waals surface area contributed by atoms with Crippen molar-refractivity contribution in [1.82, 2.24) is 4.98 Å². The zero-order valence-electron chi connectivity index (χ0n) is 10.6. The molecule has 0 unspecified atom stereocenters. The van der Waals surface area contributed by atoms with Crippen molar-refractivity contribution in [3.8, 4) is 0 Å². The van der Waals surface area contributed by atoms with Crippen LogP contribution in [0.3, 0.4) is 0 Å². The lowest BCUT2D eigenvalue weighted by molar-refractivity contribution is -0.137. The average molecular weight is 294 g/mol. The van der Waals surface area contributed by atoms with Crippen LogP contribution in [0.25, 0.3) is 0 Å². The van der Waals surface area contributed by atoms with Crippen LogP contribution in [0, 0.1) is 0 Å². The molecule has 0 aliphatic rings. The van der Waals surface area contributed by atoms with Gasteiger partial charge in [0.05, 0.1) is 6.42 Å². The predicted molar refractivity (Wildman–Crippen MR) is 74.6 cm³/mol. The smallest absolute Gasteiger partial charge is 0.304 e. The highest BCUT2D eigenvalue weighted by molar-refractivity contribution is 6.30. The Hall–Kier alpha value is -1.94. The van der Waals surface area contributed by atoms with Gasteiger partial charge in [0.1, 0.15) is 6.67 Å². The zero-order chi connectivity index (χ0) is 14.5. The summed E-state index contributed by atoms with van der Waals surface area (Å²) in [7, 11) is 0. The van der Waals surface area contributed by atoms with E-state index in [1.54, 1.807) is 36.5 Å². The summed E-state index contributed by atoms with van der Waals surface area (Å²) >= 11 is 5.84. The Labute approximate surface area is 121 Å². The van der Waals surface area contributed by atoms with Crippen LogP contribution in [0.15, 0.2) is 42.7 Å². The maximum absolute atomic E-state index is 12.7. The second-order valence-corrected chi connectivity index (χ2v) is 4.90. The highest BCUT2D eigenvalue weighted by atomic mass is 35.5. The van der Waals surface area contributed by atoms with Crippen molar-refractivity contribution in [1.29, 1.82) is 0 Å². The first-order valence-corrected chi connectivity index (χ1v) is 6.45. The average Bonchev–Trinajstić information content (AvgIpc) is 2.46. The lowest BCUT2D eigenvalue weighted by atomic mass is 9.89. The van der Waals surface area contributed by atoms with E-state index in [-0.39, 0.29) is 12.3 Å². The van der Waals surface area contributed by atoms with Crippen molar-refractivity contribution in [2.45, 2.75) is 19.0 Å². The molecule has 0 aliphatic heterocycles. The number of alkyl halides is 1. The molecular formula is C15H13ClFNO2. The van der Waals surface area contributed by atoms with Crippen LogP contribution in [0.2, 0.25) is 5.02 Å². The fraction of sp³-hybridized carbons (Fsp3) is 0.200. The van der Waals surface area contributed by atoms with E-state index in [2.05, 4.69) is 4.98 Å². The molecule has 1 heterocycles. The summed E-state index contributed by atoms with van der Waals surface area (Å²) in [6.07, 6.45) is 2.92. The molecule has 2 rings (SSSR count). The van der Waals surface area contributed by atoms with Crippen molar-refractivity contribution in [3.05, 3.63) is 64.4 Å². The van der Waals surface area contributed by atoms with E-state index < -0.39 is 12.6 Å². The topological polar surface area (TPSA) is 50.2 Å². The first kappa shape index (κ1) is 14.5.